The minimum Gasteiger partial charge on any atom is -0.346 e. The van der Waals surface area contributed by atoms with Crippen molar-refractivity contribution in [2.75, 3.05) is 33.2 Å². The molecule has 1 aliphatic rings. The quantitative estimate of drug-likeness (QED) is 0.335. The summed E-state index contributed by atoms with van der Waals surface area (Å²) < 4.78 is 0. The van der Waals surface area contributed by atoms with Gasteiger partial charge in [0.15, 0.2) is 0 Å². The molecule has 1 saturated heterocycles. The van der Waals surface area contributed by atoms with E-state index in [1.807, 2.05) is 6.20 Å². The number of benzene rings is 3. The first-order valence-corrected chi connectivity index (χ1v) is 12.4. The second kappa shape index (κ2) is 9.49. The molecule has 2 aromatic heterocycles. The van der Waals surface area contributed by atoms with Crippen LogP contribution in [0.15, 0.2) is 97.3 Å². The van der Waals surface area contributed by atoms with E-state index >= 15 is 0 Å². The Morgan fingerprint density at radius 1 is 0.714 bits per heavy atom. The maximum atomic E-state index is 4.77. The zero-order valence-electron chi connectivity index (χ0n) is 20.1. The summed E-state index contributed by atoms with van der Waals surface area (Å²) in [4.78, 5) is 13.1. The molecule has 3 aromatic carbocycles. The van der Waals surface area contributed by atoms with E-state index in [0.717, 1.165) is 49.3 Å². The van der Waals surface area contributed by atoms with Crippen LogP contribution in [-0.2, 0) is 6.54 Å². The highest BCUT2D eigenvalue weighted by Gasteiger charge is 2.15. The van der Waals surface area contributed by atoms with Crippen LogP contribution in [0, 0.1) is 0 Å². The molecule has 0 amide bonds. The molecule has 6 rings (SSSR count). The number of aromatic nitrogens is 2. The normalized spacial score (nSPS) is 15.0. The van der Waals surface area contributed by atoms with Crippen LogP contribution >= 0.6 is 0 Å². The number of hydrogen-bond acceptors (Lipinski definition) is 3. The van der Waals surface area contributed by atoms with Crippen molar-refractivity contribution in [2.24, 2.45) is 0 Å². The maximum absolute atomic E-state index is 4.77. The van der Waals surface area contributed by atoms with Crippen LogP contribution in [-0.4, -0.2) is 53.0 Å². The lowest BCUT2D eigenvalue weighted by Crippen LogP contribution is -2.43. The summed E-state index contributed by atoms with van der Waals surface area (Å²) in [6.07, 6.45) is 4.06. The Kier molecular flexibility index (Phi) is 5.91. The molecule has 0 unspecified atom stereocenters. The van der Waals surface area contributed by atoms with Crippen molar-refractivity contribution in [3.63, 3.8) is 0 Å². The Balaban J connectivity index is 1.31. The van der Waals surface area contributed by atoms with E-state index in [0.29, 0.717) is 0 Å². The van der Waals surface area contributed by atoms with Crippen molar-refractivity contribution < 1.29 is 0 Å². The number of rotatable bonds is 5. The Morgan fingerprint density at radius 3 is 2.26 bits per heavy atom. The molecule has 35 heavy (non-hydrogen) atoms. The van der Waals surface area contributed by atoms with Gasteiger partial charge in [-0.25, -0.2) is 4.98 Å². The van der Waals surface area contributed by atoms with Gasteiger partial charge in [-0.15, -0.1) is 0 Å². The van der Waals surface area contributed by atoms with E-state index in [9.17, 15) is 0 Å². The molecule has 0 radical (unpaired) electrons. The SMILES string of the molecule is CN1CCN(Cc2cccc(-c3cnc4[nH]cc(-c5cccc(-c6ccccc6)c5)c4c3)c2)CC1. The lowest BCUT2D eigenvalue weighted by atomic mass is 9.98. The number of nitrogens with zero attached hydrogens (tertiary/aromatic N) is 3. The molecule has 4 nitrogen and oxygen atoms in total. The predicted molar refractivity (Wildman–Crippen MR) is 145 cm³/mol. The summed E-state index contributed by atoms with van der Waals surface area (Å²) in [6.45, 7) is 5.54. The Morgan fingerprint density at radius 2 is 1.43 bits per heavy atom. The minimum atomic E-state index is 0.919. The van der Waals surface area contributed by atoms with Crippen LogP contribution in [0.3, 0.4) is 0 Å². The van der Waals surface area contributed by atoms with E-state index in [1.165, 1.54) is 33.4 Å². The molecule has 1 fully saturated rings. The first-order valence-electron chi connectivity index (χ1n) is 12.4. The number of pyridine rings is 1. The number of aromatic amines is 1. The monoisotopic (exact) mass is 458 g/mol. The number of nitrogens with one attached hydrogen (secondary N) is 1. The zero-order chi connectivity index (χ0) is 23.6. The highest BCUT2D eigenvalue weighted by atomic mass is 15.2. The molecular formula is C31H30N4. The Bertz CT molecular complexity index is 1450. The van der Waals surface area contributed by atoms with E-state index < -0.39 is 0 Å². The lowest BCUT2D eigenvalue weighted by Gasteiger charge is -2.32. The van der Waals surface area contributed by atoms with Gasteiger partial charge >= 0.3 is 0 Å². The van der Waals surface area contributed by atoms with Crippen LogP contribution < -0.4 is 0 Å². The summed E-state index contributed by atoms with van der Waals surface area (Å²) in [5, 5.41) is 1.15. The Labute approximate surface area is 206 Å². The van der Waals surface area contributed by atoms with Crippen molar-refractivity contribution in [3.05, 3.63) is 103 Å². The van der Waals surface area contributed by atoms with E-state index in [4.69, 9.17) is 4.98 Å². The number of piperazine rings is 1. The molecule has 0 saturated carbocycles. The standard InChI is InChI=1S/C31H30N4/c1-34-13-15-35(16-14-34)22-23-7-5-10-25(17-23)28-19-29-30(21-33-31(29)32-20-28)27-12-6-11-26(18-27)24-8-3-2-4-9-24/h2-12,17-21H,13-16,22H2,1H3,(H,32,33). The van der Waals surface area contributed by atoms with Crippen molar-refractivity contribution in [3.8, 4) is 33.4 Å². The lowest BCUT2D eigenvalue weighted by molar-refractivity contribution is 0.148. The number of H-pyrrole nitrogens is 1. The zero-order valence-corrected chi connectivity index (χ0v) is 20.1. The van der Waals surface area contributed by atoms with Gasteiger partial charge in [-0.05, 0) is 53.1 Å². The third-order valence-electron chi connectivity index (χ3n) is 7.07. The first-order chi connectivity index (χ1) is 17.2. The van der Waals surface area contributed by atoms with Gasteiger partial charge in [0, 0.05) is 61.6 Å². The van der Waals surface area contributed by atoms with Gasteiger partial charge in [0.2, 0.25) is 0 Å². The second-order valence-electron chi connectivity index (χ2n) is 9.55. The van der Waals surface area contributed by atoms with E-state index in [1.54, 1.807) is 0 Å². The summed E-state index contributed by atoms with van der Waals surface area (Å²) in [5.41, 5.74) is 9.47. The third-order valence-corrected chi connectivity index (χ3v) is 7.07. The summed E-state index contributed by atoms with van der Waals surface area (Å²) >= 11 is 0. The first kappa shape index (κ1) is 21.8. The number of fused-ring (bicyclic) bond motifs is 1. The Hall–Kier alpha value is -3.73. The average Bonchev–Trinajstić information content (AvgIpc) is 3.34. The van der Waals surface area contributed by atoms with E-state index in [-0.39, 0.29) is 0 Å². The fourth-order valence-electron chi connectivity index (χ4n) is 5.01. The smallest absolute Gasteiger partial charge is 0.137 e. The van der Waals surface area contributed by atoms with Crippen molar-refractivity contribution in [1.29, 1.82) is 0 Å². The molecule has 174 valence electrons. The van der Waals surface area contributed by atoms with Gasteiger partial charge in [-0.2, -0.15) is 0 Å². The molecule has 1 aliphatic heterocycles. The van der Waals surface area contributed by atoms with Crippen molar-refractivity contribution in [2.45, 2.75) is 6.54 Å². The van der Waals surface area contributed by atoms with E-state index in [2.05, 4.69) is 113 Å². The maximum Gasteiger partial charge on any atom is 0.137 e. The largest absolute Gasteiger partial charge is 0.346 e. The molecule has 0 atom stereocenters. The molecule has 5 aromatic rings. The van der Waals surface area contributed by atoms with Gasteiger partial charge in [0.25, 0.3) is 0 Å². The second-order valence-corrected chi connectivity index (χ2v) is 9.55. The minimum absolute atomic E-state index is 0.919. The van der Waals surface area contributed by atoms with Crippen molar-refractivity contribution in [1.82, 2.24) is 19.8 Å². The molecule has 0 spiro atoms. The average molecular weight is 459 g/mol. The highest BCUT2D eigenvalue weighted by Crippen LogP contribution is 2.33. The van der Waals surface area contributed by atoms with Gasteiger partial charge in [-0.3, -0.25) is 4.90 Å². The van der Waals surface area contributed by atoms with Gasteiger partial charge in [0.05, 0.1) is 0 Å². The molecule has 0 aliphatic carbocycles. The topological polar surface area (TPSA) is 35.2 Å². The molecule has 3 heterocycles. The van der Waals surface area contributed by atoms with Crippen LogP contribution in [0.4, 0.5) is 0 Å². The van der Waals surface area contributed by atoms with Gasteiger partial charge < -0.3 is 9.88 Å². The predicted octanol–water partition coefficient (Wildman–Crippen LogP) is 6.31. The van der Waals surface area contributed by atoms with Crippen LogP contribution in [0.25, 0.3) is 44.4 Å². The summed E-state index contributed by atoms with van der Waals surface area (Å²) in [5.74, 6) is 0. The molecular weight excluding hydrogens is 428 g/mol. The fourth-order valence-corrected chi connectivity index (χ4v) is 5.01. The number of hydrogen-bond donors (Lipinski definition) is 1. The van der Waals surface area contributed by atoms with Gasteiger partial charge in [-0.1, -0.05) is 66.7 Å². The third kappa shape index (κ3) is 4.63. The van der Waals surface area contributed by atoms with Crippen LogP contribution in [0.5, 0.6) is 0 Å². The molecule has 1 N–H and O–H groups in total. The molecule has 0 bridgehead atoms. The van der Waals surface area contributed by atoms with Gasteiger partial charge in [0.1, 0.15) is 5.65 Å². The summed E-state index contributed by atoms with van der Waals surface area (Å²) in [7, 11) is 2.20. The highest BCUT2D eigenvalue weighted by molar-refractivity contribution is 5.96. The van der Waals surface area contributed by atoms with Crippen molar-refractivity contribution >= 4 is 11.0 Å². The van der Waals surface area contributed by atoms with Crippen LogP contribution in [0.1, 0.15) is 5.56 Å². The number of likely N-dealkylation sites (N-methyl/N-ethyl adjacent to an activating group) is 1. The molecule has 4 heteroatoms. The fraction of sp³-hybridized carbons (Fsp3) is 0.194. The summed E-state index contributed by atoms with van der Waals surface area (Å²) in [6, 6.07) is 30.5. The van der Waals surface area contributed by atoms with Crippen LogP contribution in [0.2, 0.25) is 0 Å².